The van der Waals surface area contributed by atoms with E-state index in [1.54, 1.807) is 0 Å². The Morgan fingerprint density at radius 3 is 2.76 bits per heavy atom. The number of ether oxygens (including phenoxy) is 1. The highest BCUT2D eigenvalue weighted by atomic mass is 32.2. The second-order valence-electron chi connectivity index (χ2n) is 8.55. The van der Waals surface area contributed by atoms with Crippen LogP contribution in [0.4, 0.5) is 5.13 Å². The van der Waals surface area contributed by atoms with Gasteiger partial charge in [-0.1, -0.05) is 60.1 Å². The van der Waals surface area contributed by atoms with Gasteiger partial charge in [0.25, 0.3) is 0 Å². The maximum Gasteiger partial charge on any atom is 0.236 e. The molecule has 1 atom stereocenters. The summed E-state index contributed by atoms with van der Waals surface area (Å²) >= 11 is 2.83. The Bertz CT molecular complexity index is 1110. The molecule has 0 saturated heterocycles. The molecule has 8 nitrogen and oxygen atoms in total. The van der Waals surface area contributed by atoms with Gasteiger partial charge in [0.2, 0.25) is 11.0 Å². The van der Waals surface area contributed by atoms with Crippen LogP contribution >= 0.6 is 23.1 Å². The predicted molar refractivity (Wildman–Crippen MR) is 131 cm³/mol. The molecule has 1 aliphatic carbocycles. The number of rotatable bonds is 8. The maximum absolute atomic E-state index is 12.5. The van der Waals surface area contributed by atoms with Crippen LogP contribution in [-0.4, -0.2) is 36.6 Å². The minimum Gasteiger partial charge on any atom is -0.482 e. The fraction of sp³-hybridized carbons (Fsp3) is 0.522. The summed E-state index contributed by atoms with van der Waals surface area (Å²) in [5.74, 6) is 2.11. The third-order valence-corrected chi connectivity index (χ3v) is 7.86. The van der Waals surface area contributed by atoms with Gasteiger partial charge in [0, 0.05) is 13.0 Å². The van der Waals surface area contributed by atoms with E-state index in [0.717, 1.165) is 16.3 Å². The lowest BCUT2D eigenvalue weighted by Gasteiger charge is -2.18. The summed E-state index contributed by atoms with van der Waals surface area (Å²) in [4.78, 5) is 12.5. The largest absolute Gasteiger partial charge is 0.482 e. The van der Waals surface area contributed by atoms with Gasteiger partial charge in [-0.25, -0.2) is 0 Å². The Morgan fingerprint density at radius 2 is 2.00 bits per heavy atom. The number of anilines is 1. The smallest absolute Gasteiger partial charge is 0.236 e. The molecule has 2 aromatic heterocycles. The van der Waals surface area contributed by atoms with Crippen molar-refractivity contribution in [3.63, 3.8) is 0 Å². The first-order valence-corrected chi connectivity index (χ1v) is 13.1. The number of nitrogens with one attached hydrogen (secondary N) is 1. The van der Waals surface area contributed by atoms with E-state index in [1.807, 2.05) is 37.6 Å². The quantitative estimate of drug-likeness (QED) is 0.437. The highest BCUT2D eigenvalue weighted by Crippen LogP contribution is 2.35. The van der Waals surface area contributed by atoms with Crippen LogP contribution < -0.4 is 10.1 Å². The predicted octanol–water partition coefficient (Wildman–Crippen LogP) is 5.20. The van der Waals surface area contributed by atoms with Crippen molar-refractivity contribution in [3.8, 4) is 5.75 Å². The first-order valence-electron chi connectivity index (χ1n) is 11.3. The summed E-state index contributed by atoms with van der Waals surface area (Å²) in [5.41, 5.74) is 2.28. The van der Waals surface area contributed by atoms with Crippen LogP contribution in [0.1, 0.15) is 73.0 Å². The number of aromatic nitrogens is 5. The molecule has 0 spiro atoms. The molecular formula is C23H30N6O2S2. The van der Waals surface area contributed by atoms with E-state index >= 15 is 0 Å². The monoisotopic (exact) mass is 486 g/mol. The standard InChI is InChI=1S/C23H30N6O2S2/c1-14-10-11-18(15(2)12-14)31-16(3)20-25-28-23(29(20)4)32-13-19(30)24-22-27-26-21(33-22)17-8-6-5-7-9-17/h10-12,16-17H,5-9,13H2,1-4H3,(H,24,27,30). The second-order valence-corrected chi connectivity index (χ2v) is 10.5. The van der Waals surface area contributed by atoms with Crippen molar-refractivity contribution < 1.29 is 9.53 Å². The topological polar surface area (TPSA) is 94.8 Å². The average Bonchev–Trinajstić information content (AvgIpc) is 3.41. The molecule has 1 unspecified atom stereocenters. The Kier molecular flexibility index (Phi) is 7.64. The van der Waals surface area contributed by atoms with Gasteiger partial charge in [-0.3, -0.25) is 10.1 Å². The van der Waals surface area contributed by atoms with E-state index in [9.17, 15) is 4.79 Å². The molecule has 1 aliphatic rings. The zero-order chi connectivity index (χ0) is 23.4. The van der Waals surface area contributed by atoms with Gasteiger partial charge in [-0.05, 0) is 45.2 Å². The van der Waals surface area contributed by atoms with Crippen LogP contribution in [0.15, 0.2) is 23.4 Å². The molecule has 1 fully saturated rings. The van der Waals surface area contributed by atoms with Gasteiger partial charge < -0.3 is 9.30 Å². The van der Waals surface area contributed by atoms with E-state index in [4.69, 9.17) is 4.74 Å². The van der Waals surface area contributed by atoms with E-state index in [0.29, 0.717) is 22.0 Å². The van der Waals surface area contributed by atoms with Crippen LogP contribution in [-0.2, 0) is 11.8 Å². The fourth-order valence-corrected chi connectivity index (χ4v) is 5.71. The van der Waals surface area contributed by atoms with Gasteiger partial charge in [0.1, 0.15) is 10.8 Å². The van der Waals surface area contributed by atoms with E-state index in [1.165, 1.54) is 60.8 Å². The maximum atomic E-state index is 12.5. The molecule has 33 heavy (non-hydrogen) atoms. The lowest BCUT2D eigenvalue weighted by atomic mass is 9.90. The number of aryl methyl sites for hydroxylation is 2. The van der Waals surface area contributed by atoms with Crippen molar-refractivity contribution in [2.45, 2.75) is 70.1 Å². The minimum atomic E-state index is -0.272. The Morgan fingerprint density at radius 1 is 1.21 bits per heavy atom. The Balaban J connectivity index is 1.31. The summed E-state index contributed by atoms with van der Waals surface area (Å²) < 4.78 is 7.98. The molecule has 176 valence electrons. The normalized spacial score (nSPS) is 15.4. The summed E-state index contributed by atoms with van der Waals surface area (Å²) in [6.45, 7) is 6.04. The molecular weight excluding hydrogens is 456 g/mol. The summed E-state index contributed by atoms with van der Waals surface area (Å²) in [7, 11) is 1.89. The molecule has 1 saturated carbocycles. The van der Waals surface area contributed by atoms with Crippen molar-refractivity contribution in [2.75, 3.05) is 11.1 Å². The van der Waals surface area contributed by atoms with Crippen molar-refractivity contribution in [1.29, 1.82) is 0 Å². The van der Waals surface area contributed by atoms with E-state index < -0.39 is 0 Å². The van der Waals surface area contributed by atoms with Crippen LogP contribution in [0.2, 0.25) is 0 Å². The van der Waals surface area contributed by atoms with Crippen molar-refractivity contribution in [2.24, 2.45) is 7.05 Å². The lowest BCUT2D eigenvalue weighted by molar-refractivity contribution is -0.113. The van der Waals surface area contributed by atoms with Crippen molar-refractivity contribution in [1.82, 2.24) is 25.0 Å². The van der Waals surface area contributed by atoms with Gasteiger partial charge in [-0.2, -0.15) is 0 Å². The number of benzene rings is 1. The highest BCUT2D eigenvalue weighted by molar-refractivity contribution is 7.99. The molecule has 3 aromatic rings. The molecule has 1 N–H and O–H groups in total. The first kappa shape index (κ1) is 23.7. The second kappa shape index (κ2) is 10.6. The Labute approximate surface area is 202 Å². The van der Waals surface area contributed by atoms with Crippen LogP contribution in [0.5, 0.6) is 5.75 Å². The molecule has 1 amide bonds. The first-order chi connectivity index (χ1) is 15.9. The number of nitrogens with zero attached hydrogens (tertiary/aromatic N) is 5. The number of hydrogen-bond donors (Lipinski definition) is 1. The third-order valence-electron chi connectivity index (χ3n) is 5.84. The van der Waals surface area contributed by atoms with Gasteiger partial charge in [0.15, 0.2) is 17.1 Å². The van der Waals surface area contributed by atoms with Crippen LogP contribution in [0.25, 0.3) is 0 Å². The minimum absolute atomic E-state index is 0.129. The molecule has 4 rings (SSSR count). The van der Waals surface area contributed by atoms with Crippen LogP contribution in [0.3, 0.4) is 0 Å². The highest BCUT2D eigenvalue weighted by Gasteiger charge is 2.21. The van der Waals surface area contributed by atoms with Crippen molar-refractivity contribution >= 4 is 34.1 Å². The molecule has 1 aromatic carbocycles. The van der Waals surface area contributed by atoms with Gasteiger partial charge >= 0.3 is 0 Å². The number of amides is 1. The summed E-state index contributed by atoms with van der Waals surface area (Å²) in [5, 5.41) is 22.1. The number of hydrogen-bond acceptors (Lipinski definition) is 8. The lowest BCUT2D eigenvalue weighted by Crippen LogP contribution is -2.14. The van der Waals surface area contributed by atoms with E-state index in [-0.39, 0.29) is 17.8 Å². The van der Waals surface area contributed by atoms with Crippen molar-refractivity contribution in [3.05, 3.63) is 40.2 Å². The number of carbonyl (C=O) groups excluding carboxylic acids is 1. The summed E-state index contributed by atoms with van der Waals surface area (Å²) in [6, 6.07) is 6.10. The SMILES string of the molecule is Cc1ccc(OC(C)c2nnc(SCC(=O)Nc3nnc(C4CCCCC4)s3)n2C)c(C)c1. The zero-order valence-corrected chi connectivity index (χ0v) is 21.1. The van der Waals surface area contributed by atoms with Gasteiger partial charge in [0.05, 0.1) is 5.75 Å². The van der Waals surface area contributed by atoms with Crippen LogP contribution in [0, 0.1) is 13.8 Å². The van der Waals surface area contributed by atoms with Gasteiger partial charge in [-0.15, -0.1) is 20.4 Å². The Hall–Kier alpha value is -2.46. The fourth-order valence-electron chi connectivity index (χ4n) is 4.07. The third kappa shape index (κ3) is 5.92. The molecule has 0 aliphatic heterocycles. The molecule has 0 bridgehead atoms. The zero-order valence-electron chi connectivity index (χ0n) is 19.5. The molecule has 10 heteroatoms. The molecule has 0 radical (unpaired) electrons. The molecule has 2 heterocycles. The summed E-state index contributed by atoms with van der Waals surface area (Å²) in [6.07, 6.45) is 5.85. The number of carbonyl (C=O) groups is 1. The van der Waals surface area contributed by atoms with E-state index in [2.05, 4.69) is 38.7 Å². The average molecular weight is 487 g/mol. The number of thioether (sulfide) groups is 1.